The summed E-state index contributed by atoms with van der Waals surface area (Å²) in [5, 5.41) is 9.42. The summed E-state index contributed by atoms with van der Waals surface area (Å²) in [6.45, 7) is 1.96. The minimum atomic E-state index is 0.651. The largest absolute Gasteiger partial charge is 0.493 e. The molecule has 0 aromatic heterocycles. The van der Waals surface area contributed by atoms with Crippen molar-refractivity contribution in [2.75, 3.05) is 14.2 Å². The van der Waals surface area contributed by atoms with Gasteiger partial charge < -0.3 is 9.47 Å². The number of hydrogen-bond donors (Lipinski definition) is 0. The Morgan fingerprint density at radius 2 is 1.87 bits per heavy atom. The predicted octanol–water partition coefficient (Wildman–Crippen LogP) is 4.13. The van der Waals surface area contributed by atoms with Gasteiger partial charge in [0.15, 0.2) is 11.5 Å². The van der Waals surface area contributed by atoms with Crippen molar-refractivity contribution in [1.29, 1.82) is 0 Å². The Balaban J connectivity index is 2.29. The van der Waals surface area contributed by atoms with Crippen molar-refractivity contribution in [2.24, 2.45) is 10.2 Å². The molecule has 118 valence electrons. The van der Waals surface area contributed by atoms with Crippen molar-refractivity contribution in [2.45, 2.75) is 13.3 Å². The number of ether oxygens (including phenoxy) is 2. The molecule has 0 amide bonds. The third-order valence-electron chi connectivity index (χ3n) is 3.73. The minimum absolute atomic E-state index is 0.651. The summed E-state index contributed by atoms with van der Waals surface area (Å²) in [5.41, 5.74) is 4.56. The molecule has 5 heteroatoms. The van der Waals surface area contributed by atoms with Gasteiger partial charge in [-0.15, -0.1) is 5.10 Å². The monoisotopic (exact) mass is 328 g/mol. The van der Waals surface area contributed by atoms with Crippen LogP contribution >= 0.6 is 11.6 Å². The first-order valence-electron chi connectivity index (χ1n) is 7.25. The zero-order valence-corrected chi connectivity index (χ0v) is 14.0. The lowest BCUT2D eigenvalue weighted by molar-refractivity contribution is 0.354. The first-order valence-corrected chi connectivity index (χ1v) is 7.63. The molecule has 3 rings (SSSR count). The maximum Gasteiger partial charge on any atom is 0.170 e. The van der Waals surface area contributed by atoms with Gasteiger partial charge in [-0.2, -0.15) is 5.10 Å². The van der Waals surface area contributed by atoms with Crippen LogP contribution in [0.3, 0.4) is 0 Å². The smallest absolute Gasteiger partial charge is 0.170 e. The van der Waals surface area contributed by atoms with Gasteiger partial charge >= 0.3 is 0 Å². The molecule has 23 heavy (non-hydrogen) atoms. The van der Waals surface area contributed by atoms with Gasteiger partial charge in [-0.05, 0) is 30.7 Å². The summed E-state index contributed by atoms with van der Waals surface area (Å²) < 4.78 is 11.1. The van der Waals surface area contributed by atoms with E-state index in [-0.39, 0.29) is 0 Å². The van der Waals surface area contributed by atoms with Crippen LogP contribution < -0.4 is 9.47 Å². The third-order valence-corrected chi connectivity index (χ3v) is 3.97. The lowest BCUT2D eigenvalue weighted by atomic mass is 9.93. The van der Waals surface area contributed by atoms with E-state index in [2.05, 4.69) is 10.2 Å². The second kappa shape index (κ2) is 6.42. The predicted molar refractivity (Wildman–Crippen MR) is 93.5 cm³/mol. The summed E-state index contributed by atoms with van der Waals surface area (Å²) in [6.07, 6.45) is 0.712. The molecule has 0 spiro atoms. The molecule has 0 fully saturated rings. The van der Waals surface area contributed by atoms with E-state index >= 15 is 0 Å². The van der Waals surface area contributed by atoms with Crippen LogP contribution in [0, 0.1) is 0 Å². The Morgan fingerprint density at radius 3 is 2.57 bits per heavy atom. The molecule has 2 aromatic carbocycles. The van der Waals surface area contributed by atoms with Gasteiger partial charge in [0.25, 0.3) is 0 Å². The summed E-state index contributed by atoms with van der Waals surface area (Å²) >= 11 is 6.15. The van der Waals surface area contributed by atoms with Gasteiger partial charge in [0.2, 0.25) is 0 Å². The lowest BCUT2D eigenvalue weighted by Crippen LogP contribution is -2.10. The Kier molecular flexibility index (Phi) is 4.35. The molecule has 1 aliphatic heterocycles. The number of benzene rings is 2. The van der Waals surface area contributed by atoms with Crippen LogP contribution in [-0.2, 0) is 6.42 Å². The molecular weight excluding hydrogens is 312 g/mol. The van der Waals surface area contributed by atoms with Crippen molar-refractivity contribution >= 4 is 23.0 Å². The summed E-state index contributed by atoms with van der Waals surface area (Å²) in [5.74, 6) is 1.33. The van der Waals surface area contributed by atoms with E-state index in [1.165, 1.54) is 0 Å². The number of halogens is 1. The molecule has 1 heterocycles. The summed E-state index contributed by atoms with van der Waals surface area (Å²) in [6, 6.07) is 11.5. The van der Waals surface area contributed by atoms with E-state index in [1.54, 1.807) is 14.2 Å². The number of fused-ring (bicyclic) bond motifs is 1. The fourth-order valence-electron chi connectivity index (χ4n) is 2.71. The van der Waals surface area contributed by atoms with Gasteiger partial charge in [0.1, 0.15) is 5.71 Å². The Bertz CT molecular complexity index is 813. The molecule has 0 N–H and O–H groups in total. The highest BCUT2D eigenvalue weighted by Gasteiger charge is 2.23. The van der Waals surface area contributed by atoms with Gasteiger partial charge in [0, 0.05) is 22.7 Å². The fraction of sp³-hybridized carbons (Fsp3) is 0.222. The van der Waals surface area contributed by atoms with Crippen molar-refractivity contribution in [3.05, 3.63) is 58.1 Å². The first kappa shape index (κ1) is 15.6. The molecule has 0 saturated heterocycles. The number of hydrogen-bond acceptors (Lipinski definition) is 4. The molecule has 4 nitrogen and oxygen atoms in total. The molecule has 0 unspecified atom stereocenters. The second-order valence-electron chi connectivity index (χ2n) is 5.31. The zero-order chi connectivity index (χ0) is 16.4. The summed E-state index contributed by atoms with van der Waals surface area (Å²) in [7, 11) is 3.26. The van der Waals surface area contributed by atoms with Gasteiger partial charge in [0.05, 0.1) is 19.8 Å². The van der Waals surface area contributed by atoms with Crippen molar-refractivity contribution in [3.8, 4) is 11.5 Å². The second-order valence-corrected chi connectivity index (χ2v) is 5.74. The van der Waals surface area contributed by atoms with Crippen LogP contribution in [0.5, 0.6) is 11.5 Å². The molecular formula is C18H17ClN2O2. The van der Waals surface area contributed by atoms with Crippen LogP contribution in [0.2, 0.25) is 5.02 Å². The third kappa shape index (κ3) is 2.94. The van der Waals surface area contributed by atoms with Gasteiger partial charge in [-0.25, -0.2) is 0 Å². The molecule has 1 aliphatic rings. The van der Waals surface area contributed by atoms with Crippen molar-refractivity contribution < 1.29 is 9.47 Å². The van der Waals surface area contributed by atoms with E-state index in [1.807, 2.05) is 43.3 Å². The Hall–Kier alpha value is -2.33. The quantitative estimate of drug-likeness (QED) is 0.850. The maximum atomic E-state index is 6.15. The van der Waals surface area contributed by atoms with Gasteiger partial charge in [-0.3, -0.25) is 0 Å². The molecule has 2 aromatic rings. The Morgan fingerprint density at radius 1 is 1.04 bits per heavy atom. The number of methoxy groups -OCH3 is 2. The summed E-state index contributed by atoms with van der Waals surface area (Å²) in [4.78, 5) is 0. The highest BCUT2D eigenvalue weighted by atomic mass is 35.5. The molecule has 0 radical (unpaired) electrons. The topological polar surface area (TPSA) is 43.2 Å². The highest BCUT2D eigenvalue weighted by molar-refractivity contribution is 6.31. The minimum Gasteiger partial charge on any atom is -0.493 e. The van der Waals surface area contributed by atoms with E-state index in [4.69, 9.17) is 21.1 Å². The van der Waals surface area contributed by atoms with Crippen molar-refractivity contribution in [1.82, 2.24) is 0 Å². The lowest BCUT2D eigenvalue weighted by Gasteiger charge is -2.17. The maximum absolute atomic E-state index is 6.15. The standard InChI is InChI=1S/C18H17ClN2O2/c1-11-9-12-7-8-15(22-2)18(23-3)16(12)17(21-20-11)13-5-4-6-14(19)10-13/h4-8,10H,9H2,1-3H3. The normalized spacial score (nSPS) is 13.6. The van der Waals surface area contributed by atoms with Crippen LogP contribution in [-0.4, -0.2) is 25.6 Å². The Labute approximate surface area is 140 Å². The van der Waals surface area contributed by atoms with E-state index in [0.29, 0.717) is 22.9 Å². The van der Waals surface area contributed by atoms with E-state index in [0.717, 1.165) is 28.1 Å². The van der Waals surface area contributed by atoms with Gasteiger partial charge in [-0.1, -0.05) is 29.8 Å². The average molecular weight is 329 g/mol. The average Bonchev–Trinajstić information content (AvgIpc) is 2.72. The molecule has 0 atom stereocenters. The van der Waals surface area contributed by atoms with Crippen LogP contribution in [0.4, 0.5) is 0 Å². The SMILES string of the molecule is COc1ccc2c(c1OC)C(c1cccc(Cl)c1)=NN=C(C)C2. The van der Waals surface area contributed by atoms with Crippen LogP contribution in [0.15, 0.2) is 46.6 Å². The number of nitrogens with zero attached hydrogens (tertiary/aromatic N) is 2. The molecule has 0 bridgehead atoms. The highest BCUT2D eigenvalue weighted by Crippen LogP contribution is 2.36. The van der Waals surface area contributed by atoms with Crippen molar-refractivity contribution in [3.63, 3.8) is 0 Å². The number of rotatable bonds is 3. The molecule has 0 aliphatic carbocycles. The first-order chi connectivity index (χ1) is 11.1. The fourth-order valence-corrected chi connectivity index (χ4v) is 2.90. The van der Waals surface area contributed by atoms with Crippen LogP contribution in [0.1, 0.15) is 23.6 Å². The van der Waals surface area contributed by atoms with E-state index < -0.39 is 0 Å². The van der Waals surface area contributed by atoms with Crippen LogP contribution in [0.25, 0.3) is 0 Å². The van der Waals surface area contributed by atoms with E-state index in [9.17, 15) is 0 Å². The zero-order valence-electron chi connectivity index (χ0n) is 13.3. The molecule has 0 saturated carbocycles.